The fourth-order valence-corrected chi connectivity index (χ4v) is 4.70. The average molecular weight is 385 g/mol. The van der Waals surface area contributed by atoms with E-state index >= 15 is 0 Å². The number of esters is 1. The largest absolute Gasteiger partial charge is 0.457 e. The lowest BCUT2D eigenvalue weighted by Gasteiger charge is -2.44. The van der Waals surface area contributed by atoms with Crippen molar-refractivity contribution in [3.8, 4) is 0 Å². The molecule has 0 N–H and O–H groups in total. The van der Waals surface area contributed by atoms with Gasteiger partial charge in [0.25, 0.3) is 10.0 Å². The quantitative estimate of drug-likeness (QED) is 0.588. The predicted octanol–water partition coefficient (Wildman–Crippen LogP) is 4.05. The number of ether oxygens (including phenoxy) is 1. The van der Waals surface area contributed by atoms with Gasteiger partial charge >= 0.3 is 5.97 Å². The van der Waals surface area contributed by atoms with Crippen LogP contribution in [-0.2, 0) is 19.6 Å². The Morgan fingerprint density at radius 2 is 1.59 bits per heavy atom. The Hall–Kier alpha value is -2.60. The van der Waals surface area contributed by atoms with Crippen LogP contribution in [0.1, 0.15) is 38.8 Å². The number of rotatable bonds is 4. The van der Waals surface area contributed by atoms with Crippen LogP contribution in [0.2, 0.25) is 0 Å². The minimum absolute atomic E-state index is 0.195. The number of hydrogen-bond acceptors (Lipinski definition) is 4. The van der Waals surface area contributed by atoms with Gasteiger partial charge in [-0.2, -0.15) is 0 Å². The summed E-state index contributed by atoms with van der Waals surface area (Å²) >= 11 is 0. The molecule has 1 aliphatic rings. The Kier molecular flexibility index (Phi) is 5.11. The predicted molar refractivity (Wildman–Crippen MR) is 103 cm³/mol. The first-order chi connectivity index (χ1) is 12.7. The van der Waals surface area contributed by atoms with E-state index in [0.29, 0.717) is 12.1 Å². The molecule has 3 rings (SSSR count). The van der Waals surface area contributed by atoms with E-state index in [4.69, 9.17) is 4.74 Å². The van der Waals surface area contributed by atoms with Gasteiger partial charge in [0.05, 0.1) is 10.9 Å². The SMILES string of the molecule is CC(C)(C)OC(=O)/C=C1\CC(c2ccccc2)N1S(=O)(=O)c1ccccc1. The summed E-state index contributed by atoms with van der Waals surface area (Å²) < 4.78 is 33.1. The molecule has 0 spiro atoms. The molecule has 0 saturated carbocycles. The zero-order valence-corrected chi connectivity index (χ0v) is 16.4. The maximum atomic E-state index is 13.2. The summed E-state index contributed by atoms with van der Waals surface area (Å²) in [6, 6.07) is 17.3. The second-order valence-electron chi connectivity index (χ2n) is 7.41. The first kappa shape index (κ1) is 19.2. The fraction of sp³-hybridized carbons (Fsp3) is 0.286. The molecule has 6 heteroatoms. The normalized spacial score (nSPS) is 18.9. The van der Waals surface area contributed by atoms with Crippen molar-refractivity contribution < 1.29 is 17.9 Å². The van der Waals surface area contributed by atoms with Crippen LogP contribution in [0, 0.1) is 0 Å². The van der Waals surface area contributed by atoms with Crippen molar-refractivity contribution in [2.75, 3.05) is 0 Å². The molecular formula is C21H23NO4S. The molecule has 1 saturated heterocycles. The number of benzene rings is 2. The molecule has 1 unspecified atom stereocenters. The molecule has 2 aromatic carbocycles. The van der Waals surface area contributed by atoms with E-state index in [9.17, 15) is 13.2 Å². The summed E-state index contributed by atoms with van der Waals surface area (Å²) in [5, 5.41) is 0. The van der Waals surface area contributed by atoms with E-state index in [1.807, 2.05) is 30.3 Å². The van der Waals surface area contributed by atoms with Crippen LogP contribution >= 0.6 is 0 Å². The van der Waals surface area contributed by atoms with Crippen LogP contribution in [0.25, 0.3) is 0 Å². The van der Waals surface area contributed by atoms with Crippen molar-refractivity contribution in [2.24, 2.45) is 0 Å². The first-order valence-electron chi connectivity index (χ1n) is 8.76. The third-order valence-electron chi connectivity index (χ3n) is 4.14. The van der Waals surface area contributed by atoms with Gasteiger partial charge in [-0.1, -0.05) is 48.5 Å². The third kappa shape index (κ3) is 4.22. The summed E-state index contributed by atoms with van der Waals surface area (Å²) in [6.07, 6.45) is 1.74. The van der Waals surface area contributed by atoms with E-state index in [2.05, 4.69) is 0 Å². The molecular weight excluding hydrogens is 362 g/mol. The molecule has 1 fully saturated rings. The van der Waals surface area contributed by atoms with E-state index in [-0.39, 0.29) is 10.9 Å². The van der Waals surface area contributed by atoms with E-state index in [1.165, 1.54) is 10.4 Å². The minimum atomic E-state index is -3.78. The average Bonchev–Trinajstić information content (AvgIpc) is 2.58. The monoisotopic (exact) mass is 385 g/mol. The van der Waals surface area contributed by atoms with E-state index < -0.39 is 21.6 Å². The number of nitrogens with zero attached hydrogens (tertiary/aromatic N) is 1. The summed E-state index contributed by atoms with van der Waals surface area (Å²) in [6.45, 7) is 5.32. The van der Waals surface area contributed by atoms with Crippen LogP contribution in [0.15, 0.2) is 77.3 Å². The molecule has 0 aliphatic carbocycles. The Labute approximate surface area is 160 Å². The van der Waals surface area contributed by atoms with Crippen molar-refractivity contribution in [1.82, 2.24) is 4.31 Å². The van der Waals surface area contributed by atoms with Crippen molar-refractivity contribution in [3.63, 3.8) is 0 Å². The lowest BCUT2D eigenvalue weighted by atomic mass is 9.94. The smallest absolute Gasteiger partial charge is 0.333 e. The zero-order chi connectivity index (χ0) is 19.7. The van der Waals surface area contributed by atoms with Crippen molar-refractivity contribution >= 4 is 16.0 Å². The molecule has 1 atom stereocenters. The van der Waals surface area contributed by atoms with Crippen LogP contribution in [0.3, 0.4) is 0 Å². The Morgan fingerprint density at radius 1 is 1.04 bits per heavy atom. The van der Waals surface area contributed by atoms with Crippen LogP contribution in [-0.4, -0.2) is 24.3 Å². The van der Waals surface area contributed by atoms with Crippen molar-refractivity contribution in [3.05, 3.63) is 78.0 Å². The van der Waals surface area contributed by atoms with Gasteiger partial charge in [0.2, 0.25) is 0 Å². The second kappa shape index (κ2) is 7.19. The number of hydrogen-bond donors (Lipinski definition) is 0. The number of sulfonamides is 1. The maximum absolute atomic E-state index is 13.2. The lowest BCUT2D eigenvalue weighted by Crippen LogP contribution is -2.43. The number of carbonyl (C=O) groups excluding carboxylic acids is 1. The van der Waals surface area contributed by atoms with Crippen LogP contribution in [0.4, 0.5) is 0 Å². The summed E-state index contributed by atoms with van der Waals surface area (Å²) in [5.41, 5.74) is 0.681. The highest BCUT2D eigenvalue weighted by molar-refractivity contribution is 7.89. The molecule has 0 amide bonds. The first-order valence-corrected chi connectivity index (χ1v) is 10.2. The Bertz CT molecular complexity index is 945. The molecule has 27 heavy (non-hydrogen) atoms. The van der Waals surface area contributed by atoms with Gasteiger partial charge in [-0.05, 0) is 38.5 Å². The van der Waals surface area contributed by atoms with Crippen LogP contribution < -0.4 is 0 Å². The molecule has 142 valence electrons. The van der Waals surface area contributed by atoms with Gasteiger partial charge in [-0.15, -0.1) is 0 Å². The van der Waals surface area contributed by atoms with Gasteiger partial charge < -0.3 is 4.74 Å². The van der Waals surface area contributed by atoms with Gasteiger partial charge in [-0.3, -0.25) is 4.31 Å². The minimum Gasteiger partial charge on any atom is -0.457 e. The van der Waals surface area contributed by atoms with Crippen molar-refractivity contribution in [1.29, 1.82) is 0 Å². The summed E-state index contributed by atoms with van der Waals surface area (Å²) in [7, 11) is -3.78. The topological polar surface area (TPSA) is 63.7 Å². The highest BCUT2D eigenvalue weighted by atomic mass is 32.2. The highest BCUT2D eigenvalue weighted by Gasteiger charge is 2.43. The molecule has 1 aliphatic heterocycles. The highest BCUT2D eigenvalue weighted by Crippen LogP contribution is 2.45. The third-order valence-corrected chi connectivity index (χ3v) is 6.02. The fourth-order valence-electron chi connectivity index (χ4n) is 3.00. The van der Waals surface area contributed by atoms with Gasteiger partial charge in [0.1, 0.15) is 5.60 Å². The van der Waals surface area contributed by atoms with Crippen molar-refractivity contribution in [2.45, 2.75) is 43.7 Å². The molecule has 5 nitrogen and oxygen atoms in total. The molecule has 2 aromatic rings. The molecule has 0 radical (unpaired) electrons. The summed E-state index contributed by atoms with van der Waals surface area (Å²) in [4.78, 5) is 12.4. The van der Waals surface area contributed by atoms with E-state index in [0.717, 1.165) is 5.56 Å². The Morgan fingerprint density at radius 3 is 2.15 bits per heavy atom. The second-order valence-corrected chi connectivity index (χ2v) is 9.23. The van der Waals surface area contributed by atoms with Gasteiger partial charge in [-0.25, -0.2) is 13.2 Å². The van der Waals surface area contributed by atoms with Gasteiger partial charge in [0, 0.05) is 18.2 Å². The van der Waals surface area contributed by atoms with Gasteiger partial charge in [0.15, 0.2) is 0 Å². The molecule has 0 aromatic heterocycles. The maximum Gasteiger partial charge on any atom is 0.333 e. The summed E-state index contributed by atoms with van der Waals surface area (Å²) in [5.74, 6) is -0.544. The zero-order valence-electron chi connectivity index (χ0n) is 15.6. The molecule has 1 heterocycles. The van der Waals surface area contributed by atoms with E-state index in [1.54, 1.807) is 51.1 Å². The number of carbonyl (C=O) groups is 1. The lowest BCUT2D eigenvalue weighted by molar-refractivity contribution is -0.148. The Balaban J connectivity index is 1.98. The molecule has 0 bridgehead atoms. The van der Waals surface area contributed by atoms with Crippen LogP contribution in [0.5, 0.6) is 0 Å². The standard InChI is InChI=1S/C21H23NO4S/c1-21(2,3)26-20(23)15-17-14-19(16-10-6-4-7-11-16)22(17)27(24,25)18-12-8-5-9-13-18/h4-13,15,19H,14H2,1-3H3/b17-15+.